The third kappa shape index (κ3) is 5.32. The lowest BCUT2D eigenvalue weighted by molar-refractivity contribution is 0.0949. The standard InChI is InChI=1S/C16H18N4OS3.ClH/c1-10-19-12(8-22-10)14-3-2-11(24-14)5-7-18-16(21)13-9-23-15(20-13)4-6-17;/h2-3,8-9H,4-7,17H2,1H3,(H,18,21);1H. The third-order valence-corrected chi connectivity index (χ3v) is 6.18. The van der Waals surface area contributed by atoms with Crippen molar-refractivity contribution in [2.75, 3.05) is 13.1 Å². The molecule has 0 unspecified atom stereocenters. The van der Waals surface area contributed by atoms with E-state index in [1.165, 1.54) is 21.1 Å². The summed E-state index contributed by atoms with van der Waals surface area (Å²) in [5, 5.41) is 8.77. The van der Waals surface area contributed by atoms with Gasteiger partial charge in [0.1, 0.15) is 5.69 Å². The smallest absolute Gasteiger partial charge is 0.270 e. The summed E-state index contributed by atoms with van der Waals surface area (Å²) in [6.45, 7) is 3.15. The number of aromatic nitrogens is 2. The van der Waals surface area contributed by atoms with Gasteiger partial charge < -0.3 is 11.1 Å². The Balaban J connectivity index is 0.00000225. The van der Waals surface area contributed by atoms with Gasteiger partial charge in [-0.1, -0.05) is 0 Å². The number of carbonyl (C=O) groups is 1. The van der Waals surface area contributed by atoms with Gasteiger partial charge in [-0.05, 0) is 32.0 Å². The third-order valence-electron chi connectivity index (χ3n) is 3.33. The Labute approximate surface area is 164 Å². The molecule has 0 aliphatic heterocycles. The fraction of sp³-hybridized carbons (Fsp3) is 0.312. The number of nitrogens with two attached hydrogens (primary N) is 1. The van der Waals surface area contributed by atoms with Crippen LogP contribution in [-0.2, 0) is 12.8 Å². The van der Waals surface area contributed by atoms with E-state index >= 15 is 0 Å². The van der Waals surface area contributed by atoms with Gasteiger partial charge in [-0.2, -0.15) is 0 Å². The van der Waals surface area contributed by atoms with E-state index in [4.69, 9.17) is 5.73 Å². The van der Waals surface area contributed by atoms with Crippen molar-refractivity contribution in [3.8, 4) is 10.6 Å². The first-order valence-corrected chi connectivity index (χ1v) is 10.2. The molecule has 9 heteroatoms. The normalized spacial score (nSPS) is 10.5. The van der Waals surface area contributed by atoms with Gasteiger partial charge in [-0.15, -0.1) is 46.4 Å². The number of amides is 1. The summed E-state index contributed by atoms with van der Waals surface area (Å²) < 4.78 is 0. The first-order chi connectivity index (χ1) is 11.7. The van der Waals surface area contributed by atoms with Crippen LogP contribution in [0, 0.1) is 6.92 Å². The maximum absolute atomic E-state index is 12.1. The minimum absolute atomic E-state index is 0. The van der Waals surface area contributed by atoms with Crippen molar-refractivity contribution in [2.45, 2.75) is 19.8 Å². The van der Waals surface area contributed by atoms with Crippen molar-refractivity contribution in [2.24, 2.45) is 5.73 Å². The first-order valence-electron chi connectivity index (χ1n) is 7.59. The molecule has 3 N–H and O–H groups in total. The molecule has 3 aromatic rings. The van der Waals surface area contributed by atoms with Gasteiger partial charge in [0.05, 0.1) is 20.6 Å². The zero-order valence-corrected chi connectivity index (χ0v) is 16.9. The number of aryl methyl sites for hydroxylation is 1. The van der Waals surface area contributed by atoms with Gasteiger partial charge in [0.25, 0.3) is 5.91 Å². The fourth-order valence-electron chi connectivity index (χ4n) is 2.17. The topological polar surface area (TPSA) is 80.9 Å². The Morgan fingerprint density at radius 3 is 2.76 bits per heavy atom. The van der Waals surface area contributed by atoms with Gasteiger partial charge in [-0.3, -0.25) is 4.79 Å². The molecule has 134 valence electrons. The fourth-order valence-corrected chi connectivity index (χ4v) is 4.62. The number of thiophene rings is 1. The number of hydrogen-bond acceptors (Lipinski definition) is 7. The van der Waals surface area contributed by atoms with Gasteiger partial charge >= 0.3 is 0 Å². The van der Waals surface area contributed by atoms with Crippen molar-refractivity contribution < 1.29 is 4.79 Å². The number of hydrogen-bond donors (Lipinski definition) is 2. The monoisotopic (exact) mass is 414 g/mol. The van der Waals surface area contributed by atoms with E-state index in [1.54, 1.807) is 28.1 Å². The molecule has 0 radical (unpaired) electrons. The molecule has 0 aliphatic rings. The number of nitrogens with one attached hydrogen (secondary N) is 1. The molecule has 3 aromatic heterocycles. The average Bonchev–Trinajstić information content (AvgIpc) is 3.28. The van der Waals surface area contributed by atoms with E-state index in [2.05, 4.69) is 32.8 Å². The quantitative estimate of drug-likeness (QED) is 0.619. The van der Waals surface area contributed by atoms with Crippen molar-refractivity contribution in [3.63, 3.8) is 0 Å². The molecule has 0 saturated carbocycles. The molecule has 0 atom stereocenters. The average molecular weight is 415 g/mol. The van der Waals surface area contributed by atoms with Gasteiger partial charge in [0.15, 0.2) is 0 Å². The van der Waals surface area contributed by atoms with E-state index in [0.717, 1.165) is 22.1 Å². The summed E-state index contributed by atoms with van der Waals surface area (Å²) in [6, 6.07) is 4.19. The largest absolute Gasteiger partial charge is 0.350 e. The number of rotatable bonds is 7. The zero-order valence-electron chi connectivity index (χ0n) is 13.7. The molecule has 5 nitrogen and oxygen atoms in total. The Hall–Kier alpha value is -1.32. The molecular weight excluding hydrogens is 396 g/mol. The Morgan fingerprint density at radius 2 is 2.04 bits per heavy atom. The highest BCUT2D eigenvalue weighted by atomic mass is 35.5. The molecule has 1 amide bonds. The van der Waals surface area contributed by atoms with Crippen LogP contribution in [0.4, 0.5) is 0 Å². The predicted octanol–water partition coefficient (Wildman–Crippen LogP) is 3.53. The SMILES string of the molecule is Cc1nc(-c2ccc(CCNC(=O)c3csc(CCN)n3)s2)cs1.Cl. The van der Waals surface area contributed by atoms with Crippen LogP contribution in [0.3, 0.4) is 0 Å². The summed E-state index contributed by atoms with van der Waals surface area (Å²) in [7, 11) is 0. The number of halogens is 1. The molecule has 0 bridgehead atoms. The summed E-state index contributed by atoms with van der Waals surface area (Å²) in [5.74, 6) is -0.124. The number of nitrogens with zero attached hydrogens (tertiary/aromatic N) is 2. The van der Waals surface area contributed by atoms with E-state index in [0.29, 0.717) is 25.2 Å². The summed E-state index contributed by atoms with van der Waals surface area (Å²) in [4.78, 5) is 23.3. The Morgan fingerprint density at radius 1 is 1.20 bits per heavy atom. The lowest BCUT2D eigenvalue weighted by Gasteiger charge is -2.01. The first kappa shape index (κ1) is 20.0. The van der Waals surface area contributed by atoms with E-state index < -0.39 is 0 Å². The highest BCUT2D eigenvalue weighted by Crippen LogP contribution is 2.29. The van der Waals surface area contributed by atoms with Crippen LogP contribution in [0.1, 0.15) is 25.4 Å². The summed E-state index contributed by atoms with van der Waals surface area (Å²) >= 11 is 4.86. The van der Waals surface area contributed by atoms with Crippen molar-refractivity contribution >= 4 is 52.3 Å². The molecule has 3 rings (SSSR count). The molecule has 3 heterocycles. The summed E-state index contributed by atoms with van der Waals surface area (Å²) in [6.07, 6.45) is 1.52. The van der Waals surface area contributed by atoms with Crippen LogP contribution in [0.2, 0.25) is 0 Å². The van der Waals surface area contributed by atoms with Gasteiger partial charge in [-0.25, -0.2) is 9.97 Å². The molecule has 0 saturated heterocycles. The van der Waals surface area contributed by atoms with Crippen LogP contribution >= 0.6 is 46.4 Å². The molecule has 0 aliphatic carbocycles. The van der Waals surface area contributed by atoms with Crippen molar-refractivity contribution in [3.05, 3.63) is 43.5 Å². The second-order valence-electron chi connectivity index (χ2n) is 5.19. The molecular formula is C16H19ClN4OS3. The maximum Gasteiger partial charge on any atom is 0.270 e. The number of thiazole rings is 2. The predicted molar refractivity (Wildman–Crippen MR) is 108 cm³/mol. The van der Waals surface area contributed by atoms with Crippen LogP contribution in [0.25, 0.3) is 10.6 Å². The maximum atomic E-state index is 12.1. The van der Waals surface area contributed by atoms with Crippen molar-refractivity contribution in [1.82, 2.24) is 15.3 Å². The minimum Gasteiger partial charge on any atom is -0.350 e. The molecule has 25 heavy (non-hydrogen) atoms. The van der Waals surface area contributed by atoms with E-state index in [1.807, 2.05) is 6.92 Å². The second-order valence-corrected chi connectivity index (χ2v) is 8.36. The van der Waals surface area contributed by atoms with Crippen LogP contribution in [-0.4, -0.2) is 29.0 Å². The van der Waals surface area contributed by atoms with Crippen LogP contribution in [0.5, 0.6) is 0 Å². The molecule has 0 spiro atoms. The van der Waals surface area contributed by atoms with Crippen LogP contribution < -0.4 is 11.1 Å². The molecule has 0 aromatic carbocycles. The lowest BCUT2D eigenvalue weighted by Crippen LogP contribution is -2.25. The van der Waals surface area contributed by atoms with E-state index in [9.17, 15) is 4.79 Å². The Kier molecular flexibility index (Phi) is 7.52. The van der Waals surface area contributed by atoms with Gasteiger partial charge in [0, 0.05) is 28.6 Å². The van der Waals surface area contributed by atoms with Crippen LogP contribution in [0.15, 0.2) is 22.9 Å². The number of carbonyl (C=O) groups excluding carboxylic acids is 1. The highest BCUT2D eigenvalue weighted by molar-refractivity contribution is 7.16. The molecule has 0 fully saturated rings. The van der Waals surface area contributed by atoms with E-state index in [-0.39, 0.29) is 18.3 Å². The zero-order chi connectivity index (χ0) is 16.9. The lowest BCUT2D eigenvalue weighted by atomic mass is 10.3. The highest BCUT2D eigenvalue weighted by Gasteiger charge is 2.11. The second kappa shape index (κ2) is 9.40. The van der Waals surface area contributed by atoms with Crippen molar-refractivity contribution in [1.29, 1.82) is 0 Å². The van der Waals surface area contributed by atoms with Gasteiger partial charge in [0.2, 0.25) is 0 Å². The summed E-state index contributed by atoms with van der Waals surface area (Å²) in [5.41, 5.74) is 7.01. The Bertz CT molecular complexity index is 827. The minimum atomic E-state index is -0.124.